The Hall–Kier alpha value is -4.66. The van der Waals surface area contributed by atoms with Gasteiger partial charge in [0, 0.05) is 24.3 Å². The molecule has 1 atom stereocenters. The highest BCUT2D eigenvalue weighted by atomic mass is 19.3. The number of benzene rings is 1. The van der Waals surface area contributed by atoms with Crippen LogP contribution in [0.3, 0.4) is 0 Å². The number of nitrogens with one attached hydrogen (secondary N) is 2. The highest BCUT2D eigenvalue weighted by Crippen LogP contribution is 2.44. The van der Waals surface area contributed by atoms with Crippen LogP contribution in [0, 0.1) is 11.3 Å². The zero-order chi connectivity index (χ0) is 26.4. The summed E-state index contributed by atoms with van der Waals surface area (Å²) < 4.78 is 28.0. The lowest BCUT2D eigenvalue weighted by molar-refractivity contribution is -0.119. The second-order valence-electron chi connectivity index (χ2n) is 9.56. The Labute approximate surface area is 216 Å². The summed E-state index contributed by atoms with van der Waals surface area (Å²) in [6.07, 6.45) is 4.83. The van der Waals surface area contributed by atoms with Crippen LogP contribution in [0.15, 0.2) is 48.9 Å². The maximum atomic E-state index is 14.0. The van der Waals surface area contributed by atoms with Crippen molar-refractivity contribution >= 4 is 45.8 Å². The minimum atomic E-state index is -2.71. The van der Waals surface area contributed by atoms with Gasteiger partial charge in [0.1, 0.15) is 17.5 Å². The van der Waals surface area contributed by atoms with E-state index in [1.54, 1.807) is 49.6 Å². The molecule has 4 heterocycles. The number of alkyl halides is 2. The summed E-state index contributed by atoms with van der Waals surface area (Å²) in [4.78, 5) is 30.6. The van der Waals surface area contributed by atoms with Crippen molar-refractivity contribution in [1.29, 1.82) is 5.26 Å². The molecule has 38 heavy (non-hydrogen) atoms. The van der Waals surface area contributed by atoms with Gasteiger partial charge in [-0.25, -0.2) is 18.7 Å². The quantitative estimate of drug-likeness (QED) is 0.396. The smallest absolute Gasteiger partial charge is 0.254 e. The summed E-state index contributed by atoms with van der Waals surface area (Å²) in [5.74, 6) is -1.75. The molecular weight excluding hydrogens is 492 g/mol. The fourth-order valence-electron chi connectivity index (χ4n) is 5.18. The zero-order valence-electron chi connectivity index (χ0n) is 20.4. The number of carbonyl (C=O) groups excluding carboxylic acids is 1. The molecule has 1 aromatic carbocycles. The lowest BCUT2D eigenvalue weighted by Gasteiger charge is -2.46. The number of anilines is 5. The molecule has 1 aliphatic carbocycles. The fourth-order valence-corrected chi connectivity index (χ4v) is 5.18. The summed E-state index contributed by atoms with van der Waals surface area (Å²) in [6, 6.07) is 9.66. The molecular formula is C26H23F2N9O. The zero-order valence-corrected chi connectivity index (χ0v) is 20.4. The maximum Gasteiger partial charge on any atom is 0.254 e. The molecule has 0 bridgehead atoms. The molecule has 4 aromatic rings. The number of halogens is 2. The summed E-state index contributed by atoms with van der Waals surface area (Å²) >= 11 is 0. The van der Waals surface area contributed by atoms with Gasteiger partial charge in [0.05, 0.1) is 41.4 Å². The molecule has 2 N–H and O–H groups in total. The number of aromatic nitrogens is 5. The Kier molecular flexibility index (Phi) is 5.63. The summed E-state index contributed by atoms with van der Waals surface area (Å²) in [5.41, 5.74) is 2.11. The van der Waals surface area contributed by atoms with E-state index in [9.17, 15) is 18.8 Å². The third-order valence-electron chi connectivity index (χ3n) is 7.11. The first kappa shape index (κ1) is 23.7. The molecule has 0 spiro atoms. The lowest BCUT2D eigenvalue weighted by atomic mass is 9.89. The number of rotatable bonds is 4. The van der Waals surface area contributed by atoms with Crippen LogP contribution in [0.2, 0.25) is 0 Å². The molecule has 6 rings (SSSR count). The van der Waals surface area contributed by atoms with Crippen LogP contribution in [0.25, 0.3) is 10.9 Å². The Balaban J connectivity index is 1.43. The van der Waals surface area contributed by atoms with Gasteiger partial charge < -0.3 is 10.2 Å². The maximum absolute atomic E-state index is 14.0. The Morgan fingerprint density at radius 1 is 1.16 bits per heavy atom. The van der Waals surface area contributed by atoms with Crippen molar-refractivity contribution in [2.24, 2.45) is 0 Å². The predicted octanol–water partition coefficient (Wildman–Crippen LogP) is 4.81. The first-order valence-corrected chi connectivity index (χ1v) is 12.3. The van der Waals surface area contributed by atoms with E-state index < -0.39 is 12.0 Å². The van der Waals surface area contributed by atoms with E-state index in [2.05, 4.69) is 31.6 Å². The monoisotopic (exact) mass is 515 g/mol. The van der Waals surface area contributed by atoms with Crippen LogP contribution in [0.4, 0.5) is 37.7 Å². The van der Waals surface area contributed by atoms with Crippen molar-refractivity contribution in [3.63, 3.8) is 0 Å². The van der Waals surface area contributed by atoms with Gasteiger partial charge in [0.2, 0.25) is 11.9 Å². The molecule has 0 radical (unpaired) electrons. The largest absolute Gasteiger partial charge is 0.340 e. The normalized spacial score (nSPS) is 19.3. The molecule has 192 valence electrons. The highest BCUT2D eigenvalue weighted by molar-refractivity contribution is 6.10. The molecule has 0 saturated heterocycles. The number of hydrogen-bond acceptors (Lipinski definition) is 8. The van der Waals surface area contributed by atoms with E-state index >= 15 is 0 Å². The van der Waals surface area contributed by atoms with E-state index in [1.165, 1.54) is 11.1 Å². The Morgan fingerprint density at radius 2 is 1.97 bits per heavy atom. The van der Waals surface area contributed by atoms with Crippen molar-refractivity contribution in [2.75, 3.05) is 15.1 Å². The number of H-pyrrole nitrogens is 1. The van der Waals surface area contributed by atoms with Gasteiger partial charge in [0.15, 0.2) is 5.82 Å². The third-order valence-corrected chi connectivity index (χ3v) is 7.11. The van der Waals surface area contributed by atoms with Crippen molar-refractivity contribution in [1.82, 2.24) is 25.1 Å². The molecule has 0 unspecified atom stereocenters. The van der Waals surface area contributed by atoms with Crippen LogP contribution < -0.4 is 15.1 Å². The molecule has 2 aliphatic rings. The number of hydrogen-bond donors (Lipinski definition) is 2. The molecule has 1 saturated carbocycles. The average molecular weight is 516 g/mol. The molecule has 1 aliphatic heterocycles. The van der Waals surface area contributed by atoms with Crippen LogP contribution >= 0.6 is 0 Å². The standard InChI is InChI=1S/C26H23F2N9O/c1-15-24(38)37(19-4-2-3-16(9-19)11-29)21-14-31-25(33-22-10-17-12-32-35-20(17)13-30-22)34-23(21)36(15)18-5-7-26(27,28)8-6-18/h2-4,9-10,12-15,18H,5-8H2,1H3,(H,32,35)(H,30,31,33,34)/t15-/m1/s1. The van der Waals surface area contributed by atoms with Gasteiger partial charge >= 0.3 is 0 Å². The first-order chi connectivity index (χ1) is 18.3. The predicted molar refractivity (Wildman–Crippen MR) is 137 cm³/mol. The number of amides is 1. The first-order valence-electron chi connectivity index (χ1n) is 12.3. The van der Waals surface area contributed by atoms with Crippen LogP contribution in [0.5, 0.6) is 0 Å². The van der Waals surface area contributed by atoms with Gasteiger partial charge in [-0.2, -0.15) is 15.3 Å². The van der Waals surface area contributed by atoms with Gasteiger partial charge in [-0.05, 0) is 44.0 Å². The van der Waals surface area contributed by atoms with E-state index in [4.69, 9.17) is 4.98 Å². The lowest BCUT2D eigenvalue weighted by Crippen LogP contribution is -2.56. The minimum absolute atomic E-state index is 0.236. The Bertz CT molecular complexity index is 1570. The van der Waals surface area contributed by atoms with Crippen molar-refractivity contribution in [3.05, 3.63) is 54.5 Å². The van der Waals surface area contributed by atoms with Gasteiger partial charge in [-0.15, -0.1) is 0 Å². The van der Waals surface area contributed by atoms with Crippen molar-refractivity contribution in [3.8, 4) is 6.07 Å². The molecule has 1 fully saturated rings. The van der Waals surface area contributed by atoms with Gasteiger partial charge in [-0.3, -0.25) is 14.8 Å². The van der Waals surface area contributed by atoms with E-state index in [-0.39, 0.29) is 43.6 Å². The van der Waals surface area contributed by atoms with E-state index in [1.807, 2.05) is 4.90 Å². The molecule has 3 aromatic heterocycles. The fraction of sp³-hybridized carbons (Fsp3) is 0.308. The number of pyridine rings is 1. The van der Waals surface area contributed by atoms with Crippen LogP contribution in [0.1, 0.15) is 38.2 Å². The number of fused-ring (bicyclic) bond motifs is 2. The van der Waals surface area contributed by atoms with E-state index in [0.29, 0.717) is 28.6 Å². The van der Waals surface area contributed by atoms with Crippen LogP contribution in [-0.2, 0) is 4.79 Å². The Morgan fingerprint density at radius 3 is 2.76 bits per heavy atom. The molecule has 1 amide bonds. The number of aromatic amines is 1. The summed E-state index contributed by atoms with van der Waals surface area (Å²) in [6.45, 7) is 1.75. The SMILES string of the molecule is C[C@@H]1C(=O)N(c2cccc(C#N)c2)c2cnc(Nc3cc4cn[nH]c4cn3)nc2N1C1CCC(F)(F)CC1. The number of nitriles is 1. The van der Waals surface area contributed by atoms with Gasteiger partial charge in [-0.1, -0.05) is 6.07 Å². The number of nitrogens with zero attached hydrogens (tertiary/aromatic N) is 7. The van der Waals surface area contributed by atoms with Crippen molar-refractivity contribution < 1.29 is 13.6 Å². The van der Waals surface area contributed by atoms with Crippen molar-refractivity contribution in [2.45, 2.75) is 50.6 Å². The number of carbonyl (C=O) groups is 1. The second-order valence-corrected chi connectivity index (χ2v) is 9.56. The summed E-state index contributed by atoms with van der Waals surface area (Å²) in [7, 11) is 0. The van der Waals surface area contributed by atoms with Crippen LogP contribution in [-0.4, -0.2) is 49.1 Å². The molecule has 12 heteroatoms. The second kappa shape index (κ2) is 9.02. The molecule has 10 nitrogen and oxygen atoms in total. The van der Waals surface area contributed by atoms with E-state index in [0.717, 1.165) is 10.9 Å². The van der Waals surface area contributed by atoms with Gasteiger partial charge in [0.25, 0.3) is 5.91 Å². The third kappa shape index (κ3) is 4.15. The topological polar surface area (TPSA) is 127 Å². The highest BCUT2D eigenvalue weighted by Gasteiger charge is 2.44. The average Bonchev–Trinajstić information content (AvgIpc) is 3.38. The summed E-state index contributed by atoms with van der Waals surface area (Å²) in [5, 5.41) is 20.2. The minimum Gasteiger partial charge on any atom is -0.340 e.